The molecule has 0 amide bonds. The average Bonchev–Trinajstić information content (AvgIpc) is 3.32. The zero-order valence-corrected chi connectivity index (χ0v) is 25.4. The Morgan fingerprint density at radius 2 is 1.71 bits per heavy atom. The normalized spacial score (nSPS) is 16.5. The minimum atomic E-state index is -0.372. The minimum Gasteiger partial charge on any atom is -0.482 e. The van der Waals surface area contributed by atoms with Crippen LogP contribution in [0.3, 0.4) is 0 Å². The molecule has 1 aliphatic heterocycles. The Bertz CT molecular complexity index is 1270. The first-order valence-electron chi connectivity index (χ1n) is 13.4. The number of piperidine rings is 1. The van der Waals surface area contributed by atoms with Crippen molar-refractivity contribution in [1.29, 1.82) is 0 Å². The van der Waals surface area contributed by atoms with E-state index in [0.29, 0.717) is 27.7 Å². The Balaban J connectivity index is 1.60. The number of pyridine rings is 1. The molecule has 3 heterocycles. The van der Waals surface area contributed by atoms with E-state index in [9.17, 15) is 0 Å². The number of nitrogens with zero attached hydrogens (tertiary/aromatic N) is 4. The first kappa shape index (κ1) is 28.7. The van der Waals surface area contributed by atoms with Gasteiger partial charge in [-0.2, -0.15) is 5.10 Å². The van der Waals surface area contributed by atoms with Crippen molar-refractivity contribution >= 4 is 29.0 Å². The summed E-state index contributed by atoms with van der Waals surface area (Å²) in [5, 5.41) is 9.41. The number of ether oxygens (including phenoxy) is 1. The van der Waals surface area contributed by atoms with Crippen molar-refractivity contribution in [1.82, 2.24) is 19.7 Å². The molecule has 1 saturated heterocycles. The molecule has 0 unspecified atom stereocenters. The summed E-state index contributed by atoms with van der Waals surface area (Å²) in [6.45, 7) is 19.2. The van der Waals surface area contributed by atoms with Crippen molar-refractivity contribution in [3.63, 3.8) is 0 Å². The highest BCUT2D eigenvalue weighted by Gasteiger charge is 2.28. The van der Waals surface area contributed by atoms with Crippen molar-refractivity contribution in [3.05, 3.63) is 58.0 Å². The molecule has 2 aromatic heterocycles. The van der Waals surface area contributed by atoms with Crippen LogP contribution in [0.25, 0.3) is 11.1 Å². The Morgan fingerprint density at radius 3 is 2.34 bits per heavy atom. The van der Waals surface area contributed by atoms with Crippen molar-refractivity contribution in [2.24, 2.45) is 0 Å². The fraction of sp³-hybridized carbons (Fsp3) is 0.533. The summed E-state index contributed by atoms with van der Waals surface area (Å²) in [5.74, 6) is 1.32. The van der Waals surface area contributed by atoms with Gasteiger partial charge >= 0.3 is 0 Å². The molecule has 1 aromatic carbocycles. The SMILES string of the molecule is Cc1ccc(Cl)c([C@@H](C)Oc2cc(-c3cnn(C4CCN(C(C)(C)C)CC4)c3)cnc2NC(C)(C)C)c1Cl. The fourth-order valence-electron chi connectivity index (χ4n) is 4.93. The van der Waals surface area contributed by atoms with Gasteiger partial charge in [-0.3, -0.25) is 9.58 Å². The van der Waals surface area contributed by atoms with Gasteiger partial charge in [0.2, 0.25) is 0 Å². The summed E-state index contributed by atoms with van der Waals surface area (Å²) in [5.41, 5.74) is 3.71. The molecule has 3 aromatic rings. The second-order valence-electron chi connectivity index (χ2n) is 12.4. The minimum absolute atomic E-state index is 0.193. The maximum atomic E-state index is 6.63. The summed E-state index contributed by atoms with van der Waals surface area (Å²) in [6, 6.07) is 6.21. The number of aromatic nitrogens is 3. The third-order valence-electron chi connectivity index (χ3n) is 7.10. The Labute approximate surface area is 237 Å². The third kappa shape index (κ3) is 6.64. The molecule has 8 heteroatoms. The molecule has 0 radical (unpaired) electrons. The molecule has 0 saturated carbocycles. The lowest BCUT2D eigenvalue weighted by atomic mass is 9.98. The third-order valence-corrected chi connectivity index (χ3v) is 7.93. The van der Waals surface area contributed by atoms with Crippen LogP contribution in [0.2, 0.25) is 10.0 Å². The highest BCUT2D eigenvalue weighted by atomic mass is 35.5. The number of benzene rings is 1. The molecule has 4 rings (SSSR count). The van der Waals surface area contributed by atoms with Gasteiger partial charge < -0.3 is 10.1 Å². The van der Waals surface area contributed by atoms with E-state index in [4.69, 9.17) is 38.0 Å². The van der Waals surface area contributed by atoms with Gasteiger partial charge in [-0.15, -0.1) is 0 Å². The van der Waals surface area contributed by atoms with E-state index < -0.39 is 0 Å². The predicted octanol–water partition coefficient (Wildman–Crippen LogP) is 8.35. The first-order valence-corrected chi connectivity index (χ1v) is 14.2. The van der Waals surface area contributed by atoms with Crippen molar-refractivity contribution < 1.29 is 4.74 Å². The summed E-state index contributed by atoms with van der Waals surface area (Å²) < 4.78 is 8.61. The second kappa shape index (κ2) is 11.1. The summed E-state index contributed by atoms with van der Waals surface area (Å²) in [6.07, 6.45) is 7.74. The number of halogens is 2. The van der Waals surface area contributed by atoms with Crippen LogP contribution in [0.5, 0.6) is 5.75 Å². The first-order chi connectivity index (χ1) is 17.7. The van der Waals surface area contributed by atoms with Crippen LogP contribution in [-0.2, 0) is 0 Å². The van der Waals surface area contributed by atoms with Gasteiger partial charge in [0.15, 0.2) is 11.6 Å². The number of hydrogen-bond acceptors (Lipinski definition) is 5. The van der Waals surface area contributed by atoms with Crippen molar-refractivity contribution in [3.8, 4) is 16.9 Å². The largest absolute Gasteiger partial charge is 0.482 e. The van der Waals surface area contributed by atoms with Crippen LogP contribution < -0.4 is 10.1 Å². The average molecular weight is 559 g/mol. The highest BCUT2D eigenvalue weighted by Crippen LogP contribution is 2.38. The van der Waals surface area contributed by atoms with Gasteiger partial charge in [-0.25, -0.2) is 4.98 Å². The van der Waals surface area contributed by atoms with E-state index in [2.05, 4.69) is 62.6 Å². The van der Waals surface area contributed by atoms with Gasteiger partial charge in [0.25, 0.3) is 0 Å². The summed E-state index contributed by atoms with van der Waals surface area (Å²) >= 11 is 13.2. The molecule has 38 heavy (non-hydrogen) atoms. The van der Waals surface area contributed by atoms with E-state index >= 15 is 0 Å². The lowest BCUT2D eigenvalue weighted by Crippen LogP contribution is -2.46. The van der Waals surface area contributed by atoms with Crippen LogP contribution in [-0.4, -0.2) is 43.8 Å². The Kier molecular flexibility index (Phi) is 8.37. The zero-order valence-electron chi connectivity index (χ0n) is 23.9. The lowest BCUT2D eigenvalue weighted by molar-refractivity contribution is 0.0870. The molecular formula is C30H41Cl2N5O. The molecule has 0 aliphatic carbocycles. The van der Waals surface area contributed by atoms with E-state index in [1.165, 1.54) is 0 Å². The zero-order chi connectivity index (χ0) is 27.8. The van der Waals surface area contributed by atoms with E-state index in [1.54, 1.807) is 0 Å². The number of anilines is 1. The molecule has 1 fully saturated rings. The van der Waals surface area contributed by atoms with Gasteiger partial charge in [0.1, 0.15) is 6.10 Å². The topological polar surface area (TPSA) is 55.2 Å². The molecule has 1 N–H and O–H groups in total. The number of hydrogen-bond donors (Lipinski definition) is 1. The second-order valence-corrected chi connectivity index (χ2v) is 13.2. The molecule has 206 valence electrons. The Morgan fingerprint density at radius 1 is 1.03 bits per heavy atom. The summed E-state index contributed by atoms with van der Waals surface area (Å²) in [4.78, 5) is 7.31. The molecule has 6 nitrogen and oxygen atoms in total. The van der Waals surface area contributed by atoms with E-state index in [-0.39, 0.29) is 17.2 Å². The molecule has 0 bridgehead atoms. The quantitative estimate of drug-likeness (QED) is 0.330. The smallest absolute Gasteiger partial charge is 0.169 e. The van der Waals surface area contributed by atoms with Crippen molar-refractivity contribution in [2.75, 3.05) is 18.4 Å². The van der Waals surface area contributed by atoms with Crippen molar-refractivity contribution in [2.45, 2.75) is 91.5 Å². The molecule has 1 aliphatic rings. The lowest BCUT2D eigenvalue weighted by Gasteiger charge is -2.40. The Hall–Kier alpha value is -2.28. The van der Waals surface area contributed by atoms with Gasteiger partial charge in [0.05, 0.1) is 17.3 Å². The van der Waals surface area contributed by atoms with Gasteiger partial charge in [-0.1, -0.05) is 29.3 Å². The van der Waals surface area contributed by atoms with Gasteiger partial charge in [0, 0.05) is 58.3 Å². The fourth-order valence-corrected chi connectivity index (χ4v) is 5.61. The van der Waals surface area contributed by atoms with Crippen LogP contribution in [0, 0.1) is 6.92 Å². The van der Waals surface area contributed by atoms with E-state index in [1.807, 2.05) is 44.4 Å². The standard InChI is InChI=1S/C30H41Cl2N5O/c1-19-9-10-24(31)26(27(19)32)20(2)38-25-15-21(16-33-28(25)35-29(3,4)5)22-17-34-37(18-22)23-11-13-36(14-12-23)30(6,7)8/h9-10,15-18,20,23H,11-14H2,1-8H3,(H,33,35)/t20-/m1/s1. The monoisotopic (exact) mass is 557 g/mol. The maximum Gasteiger partial charge on any atom is 0.169 e. The number of nitrogens with one attached hydrogen (secondary N) is 1. The maximum absolute atomic E-state index is 6.63. The van der Waals surface area contributed by atoms with Gasteiger partial charge in [-0.05, 0) is 85.9 Å². The highest BCUT2D eigenvalue weighted by molar-refractivity contribution is 6.36. The number of aryl methyl sites for hydroxylation is 1. The summed E-state index contributed by atoms with van der Waals surface area (Å²) in [7, 11) is 0. The number of likely N-dealkylation sites (tertiary alicyclic amines) is 1. The number of rotatable bonds is 6. The van der Waals surface area contributed by atoms with Crippen LogP contribution >= 0.6 is 23.2 Å². The molecular weight excluding hydrogens is 517 g/mol. The molecule has 1 atom stereocenters. The van der Waals surface area contributed by atoms with Crippen LogP contribution in [0.4, 0.5) is 5.82 Å². The molecule has 0 spiro atoms. The van der Waals surface area contributed by atoms with E-state index in [0.717, 1.165) is 48.2 Å². The predicted molar refractivity (Wildman–Crippen MR) is 159 cm³/mol. The van der Waals surface area contributed by atoms with Crippen LogP contribution in [0.1, 0.15) is 84.6 Å². The van der Waals surface area contributed by atoms with Crippen LogP contribution in [0.15, 0.2) is 36.8 Å².